The number of morpholine rings is 1. The van der Waals surface area contributed by atoms with Crippen molar-refractivity contribution in [2.75, 3.05) is 13.2 Å². The van der Waals surface area contributed by atoms with E-state index in [1.807, 2.05) is 36.4 Å². The average molecular weight is 536 g/mol. The predicted octanol–water partition coefficient (Wildman–Crippen LogP) is 7.63. The Hall–Kier alpha value is -2.35. The number of hydrogen-bond acceptors (Lipinski definition) is 4. The maximum Gasteiger partial charge on any atom is 0.192 e. The summed E-state index contributed by atoms with van der Waals surface area (Å²) in [5.41, 5.74) is 3.11. The maximum atomic E-state index is 13.9. The fourth-order valence-electron chi connectivity index (χ4n) is 4.98. The summed E-state index contributed by atoms with van der Waals surface area (Å²) < 4.78 is 27.0. The Balaban J connectivity index is 1.64. The molecule has 0 radical (unpaired) electrons. The van der Waals surface area contributed by atoms with Gasteiger partial charge in [-0.3, -0.25) is 4.90 Å². The lowest BCUT2D eigenvalue weighted by atomic mass is 9.89. The molecule has 1 fully saturated rings. The fraction of sp³-hybridized carbons (Fsp3) is 0.438. The van der Waals surface area contributed by atoms with Gasteiger partial charge in [0.1, 0.15) is 5.82 Å². The highest BCUT2D eigenvalue weighted by atomic mass is 28.4. The summed E-state index contributed by atoms with van der Waals surface area (Å²) in [6.45, 7) is 13.0. The van der Waals surface area contributed by atoms with Crippen molar-refractivity contribution in [2.45, 2.75) is 76.2 Å². The minimum Gasteiger partial charge on any atom is -0.410 e. The molecule has 3 aromatic rings. The van der Waals surface area contributed by atoms with Crippen LogP contribution in [0, 0.1) is 5.82 Å². The number of ether oxygens (including phenoxy) is 1. The monoisotopic (exact) mass is 535 g/mol. The van der Waals surface area contributed by atoms with Gasteiger partial charge in [0.15, 0.2) is 14.1 Å². The lowest BCUT2D eigenvalue weighted by molar-refractivity contribution is -0.278. The molecule has 0 bridgehead atoms. The van der Waals surface area contributed by atoms with E-state index in [9.17, 15) is 9.50 Å². The van der Waals surface area contributed by atoms with E-state index >= 15 is 0 Å². The first-order valence-corrected chi connectivity index (χ1v) is 16.5. The van der Waals surface area contributed by atoms with Gasteiger partial charge in [0.2, 0.25) is 0 Å². The normalized spacial score (nSPS) is 21.8. The second-order valence-corrected chi connectivity index (χ2v) is 16.7. The third-order valence-electron chi connectivity index (χ3n) is 8.12. The van der Waals surface area contributed by atoms with Crippen LogP contribution in [0.5, 0.6) is 0 Å². The van der Waals surface area contributed by atoms with Crippen LogP contribution in [-0.2, 0) is 15.7 Å². The molecule has 204 valence electrons. The summed E-state index contributed by atoms with van der Waals surface area (Å²) in [4.78, 5) is 2.25. The van der Waals surface area contributed by atoms with Crippen LogP contribution < -0.4 is 0 Å². The van der Waals surface area contributed by atoms with Gasteiger partial charge in [0, 0.05) is 19.5 Å². The van der Waals surface area contributed by atoms with Crippen LogP contribution >= 0.6 is 0 Å². The standard InChI is InChI=1S/C32H42FNO3Si/c1-31(2,3)38(4,5)37-29(26-14-10-7-11-15-26)20-21-32(35)30(27-16-18-28(33)19-17-27)34(22-23-36-32)24-25-12-8-6-9-13-25/h6-19,29-30,35H,20-24H2,1-5H3. The van der Waals surface area contributed by atoms with E-state index in [1.54, 1.807) is 12.1 Å². The van der Waals surface area contributed by atoms with Crippen LogP contribution in [0.2, 0.25) is 18.1 Å². The molecule has 1 heterocycles. The van der Waals surface area contributed by atoms with Crippen LogP contribution in [0.1, 0.15) is 62.4 Å². The lowest BCUT2D eigenvalue weighted by Gasteiger charge is -2.48. The zero-order valence-electron chi connectivity index (χ0n) is 23.4. The molecule has 1 aliphatic rings. The predicted molar refractivity (Wildman–Crippen MR) is 154 cm³/mol. The van der Waals surface area contributed by atoms with Gasteiger partial charge in [-0.1, -0.05) is 93.6 Å². The average Bonchev–Trinajstić information content (AvgIpc) is 2.88. The van der Waals surface area contributed by atoms with Crippen molar-refractivity contribution in [1.29, 1.82) is 0 Å². The first-order chi connectivity index (χ1) is 18.0. The highest BCUT2D eigenvalue weighted by Crippen LogP contribution is 2.44. The molecule has 3 unspecified atom stereocenters. The molecular formula is C32H42FNO3Si. The zero-order chi connectivity index (χ0) is 27.4. The van der Waals surface area contributed by atoms with E-state index in [4.69, 9.17) is 9.16 Å². The van der Waals surface area contributed by atoms with Gasteiger partial charge in [-0.05, 0) is 53.4 Å². The van der Waals surface area contributed by atoms with E-state index < -0.39 is 20.1 Å². The number of rotatable bonds is 9. The summed E-state index contributed by atoms with van der Waals surface area (Å²) in [5, 5.41) is 12.2. The molecule has 1 aliphatic heterocycles. The van der Waals surface area contributed by atoms with Crippen LogP contribution in [0.15, 0.2) is 84.9 Å². The second-order valence-electron chi connectivity index (χ2n) is 11.9. The molecule has 0 spiro atoms. The largest absolute Gasteiger partial charge is 0.410 e. The molecule has 4 rings (SSSR count). The van der Waals surface area contributed by atoms with Gasteiger partial charge >= 0.3 is 0 Å². The van der Waals surface area contributed by atoms with Crippen LogP contribution in [0.25, 0.3) is 0 Å². The minimum absolute atomic E-state index is 0.0569. The van der Waals surface area contributed by atoms with Crippen molar-refractivity contribution in [3.05, 3.63) is 107 Å². The van der Waals surface area contributed by atoms with Gasteiger partial charge in [0.25, 0.3) is 0 Å². The number of benzene rings is 3. The molecule has 0 aromatic heterocycles. The smallest absolute Gasteiger partial charge is 0.192 e. The molecule has 6 heteroatoms. The summed E-state index contributed by atoms with van der Waals surface area (Å²) in [7, 11) is -2.09. The maximum absolute atomic E-state index is 13.9. The van der Waals surface area contributed by atoms with Crippen molar-refractivity contribution in [3.63, 3.8) is 0 Å². The van der Waals surface area contributed by atoms with Gasteiger partial charge in [-0.2, -0.15) is 0 Å². The molecule has 1 N–H and O–H groups in total. The molecule has 38 heavy (non-hydrogen) atoms. The third-order valence-corrected chi connectivity index (χ3v) is 12.6. The van der Waals surface area contributed by atoms with E-state index in [0.29, 0.717) is 32.5 Å². The molecule has 0 saturated carbocycles. The molecule has 0 aliphatic carbocycles. The van der Waals surface area contributed by atoms with Crippen molar-refractivity contribution < 1.29 is 18.7 Å². The number of hydrogen-bond donors (Lipinski definition) is 1. The van der Waals surface area contributed by atoms with Crippen molar-refractivity contribution in [1.82, 2.24) is 4.90 Å². The van der Waals surface area contributed by atoms with E-state index in [-0.39, 0.29) is 17.0 Å². The Bertz CT molecular complexity index is 1150. The first-order valence-electron chi connectivity index (χ1n) is 13.6. The van der Waals surface area contributed by atoms with Crippen molar-refractivity contribution in [3.8, 4) is 0 Å². The zero-order valence-corrected chi connectivity index (χ0v) is 24.4. The Kier molecular flexibility index (Phi) is 8.90. The Morgan fingerprint density at radius 1 is 1.00 bits per heavy atom. The third kappa shape index (κ3) is 6.80. The summed E-state index contributed by atoms with van der Waals surface area (Å²) >= 11 is 0. The number of nitrogens with zero attached hydrogens (tertiary/aromatic N) is 1. The van der Waals surface area contributed by atoms with Gasteiger partial charge in [0.05, 0.1) is 18.8 Å². The summed E-state index contributed by atoms with van der Waals surface area (Å²) in [5.74, 6) is -1.75. The first kappa shape index (κ1) is 28.6. The van der Waals surface area contributed by atoms with Crippen LogP contribution in [-0.4, -0.2) is 37.3 Å². The minimum atomic E-state index is -2.09. The van der Waals surface area contributed by atoms with E-state index in [2.05, 4.69) is 63.0 Å². The number of halogens is 1. The van der Waals surface area contributed by atoms with Gasteiger partial charge < -0.3 is 14.3 Å². The van der Waals surface area contributed by atoms with Crippen molar-refractivity contribution >= 4 is 8.32 Å². The quantitative estimate of drug-likeness (QED) is 0.286. The second kappa shape index (κ2) is 11.8. The highest BCUT2D eigenvalue weighted by Gasteiger charge is 2.46. The van der Waals surface area contributed by atoms with Gasteiger partial charge in [-0.15, -0.1) is 0 Å². The molecule has 4 nitrogen and oxygen atoms in total. The van der Waals surface area contributed by atoms with Crippen molar-refractivity contribution in [2.24, 2.45) is 0 Å². The van der Waals surface area contributed by atoms with Crippen LogP contribution in [0.4, 0.5) is 4.39 Å². The SMILES string of the molecule is CC(C)(C)[Si](C)(C)OC(CCC1(O)OCCN(Cc2ccccc2)C1c1ccc(F)cc1)c1ccccc1. The number of aliphatic hydroxyl groups is 1. The van der Waals surface area contributed by atoms with E-state index in [1.165, 1.54) is 12.1 Å². The molecule has 3 atom stereocenters. The van der Waals surface area contributed by atoms with E-state index in [0.717, 1.165) is 16.7 Å². The summed E-state index contributed by atoms with van der Waals surface area (Å²) in [6, 6.07) is 26.5. The molecular weight excluding hydrogens is 493 g/mol. The fourth-order valence-corrected chi connectivity index (χ4v) is 6.30. The molecule has 1 saturated heterocycles. The molecule has 0 amide bonds. The Morgan fingerprint density at radius 2 is 1.61 bits per heavy atom. The topological polar surface area (TPSA) is 41.9 Å². The Labute approximate surface area is 228 Å². The highest BCUT2D eigenvalue weighted by molar-refractivity contribution is 6.74. The van der Waals surface area contributed by atoms with Crippen LogP contribution in [0.3, 0.4) is 0 Å². The summed E-state index contributed by atoms with van der Waals surface area (Å²) in [6.07, 6.45) is 0.821. The lowest BCUT2D eigenvalue weighted by Crippen LogP contribution is -2.54. The molecule has 3 aromatic carbocycles. The Morgan fingerprint density at radius 3 is 2.21 bits per heavy atom. The van der Waals surface area contributed by atoms with Gasteiger partial charge in [-0.25, -0.2) is 4.39 Å².